The predicted octanol–water partition coefficient (Wildman–Crippen LogP) is 2.70. The van der Waals surface area contributed by atoms with Crippen LogP contribution in [0.15, 0.2) is 40.1 Å². The molecule has 0 aliphatic rings. The van der Waals surface area contributed by atoms with Crippen molar-refractivity contribution in [2.75, 3.05) is 12.4 Å². The Morgan fingerprint density at radius 2 is 2.18 bits per heavy atom. The summed E-state index contributed by atoms with van der Waals surface area (Å²) >= 11 is 2.50. The molecular weight excluding hydrogens is 478 g/mol. The number of rotatable bonds is 8. The van der Waals surface area contributed by atoms with Crippen molar-refractivity contribution in [2.45, 2.75) is 20.0 Å². The summed E-state index contributed by atoms with van der Waals surface area (Å²) in [6.45, 7) is 2.01. The van der Waals surface area contributed by atoms with Crippen LogP contribution in [0.1, 0.15) is 23.2 Å². The summed E-state index contributed by atoms with van der Waals surface area (Å²) in [6.07, 6.45) is 2.14. The molecule has 0 bridgehead atoms. The zero-order valence-electron chi connectivity index (χ0n) is 18.0. The number of fused-ring (bicyclic) bond motifs is 1. The first kappa shape index (κ1) is 23.0. The fourth-order valence-electron chi connectivity index (χ4n) is 2.86. The fraction of sp³-hybridized carbons (Fsp3) is 0.190. The molecule has 3 aromatic heterocycles. The Kier molecular flexibility index (Phi) is 6.90. The van der Waals surface area contributed by atoms with Gasteiger partial charge >= 0.3 is 0 Å². The van der Waals surface area contributed by atoms with Gasteiger partial charge in [-0.25, -0.2) is 4.98 Å². The van der Waals surface area contributed by atoms with Gasteiger partial charge in [-0.3, -0.25) is 14.9 Å². The van der Waals surface area contributed by atoms with Crippen molar-refractivity contribution in [1.29, 1.82) is 5.26 Å². The van der Waals surface area contributed by atoms with Gasteiger partial charge in [-0.1, -0.05) is 35.7 Å². The summed E-state index contributed by atoms with van der Waals surface area (Å²) in [4.78, 5) is 29.6. The van der Waals surface area contributed by atoms with E-state index in [9.17, 15) is 14.9 Å². The van der Waals surface area contributed by atoms with Gasteiger partial charge < -0.3 is 9.47 Å². The lowest BCUT2D eigenvalue weighted by Crippen LogP contribution is -2.16. The molecule has 0 aliphatic heterocycles. The third kappa shape index (κ3) is 5.08. The second-order valence-corrected chi connectivity index (χ2v) is 8.57. The Morgan fingerprint density at radius 3 is 2.88 bits per heavy atom. The number of benzene rings is 1. The minimum Gasteiger partial charge on any atom is -0.493 e. The molecule has 1 amide bonds. The molecular formula is C21H17N7O4S2. The van der Waals surface area contributed by atoms with Gasteiger partial charge in [-0.15, -0.1) is 10.2 Å². The number of nitriles is 1. The average Bonchev–Trinajstić information content (AvgIpc) is 3.51. The van der Waals surface area contributed by atoms with Crippen LogP contribution in [-0.4, -0.2) is 37.8 Å². The van der Waals surface area contributed by atoms with Crippen LogP contribution in [0.2, 0.25) is 0 Å². The van der Waals surface area contributed by atoms with E-state index in [1.165, 1.54) is 40.6 Å². The number of hydrogen-bond acceptors (Lipinski definition) is 11. The lowest BCUT2D eigenvalue weighted by molar-refractivity contribution is -0.112. The molecule has 0 saturated carbocycles. The SMILES string of the molecule is CCc1nn2c(=O)cc(COc3ccc(C=C(C#N)C(=O)Nc4nncs4)cc3OC)nc2s1. The number of carbonyl (C=O) groups is 1. The number of amides is 1. The fourth-order valence-corrected chi connectivity index (χ4v) is 4.16. The number of ether oxygens (including phenoxy) is 2. The van der Waals surface area contributed by atoms with E-state index in [-0.39, 0.29) is 17.7 Å². The molecule has 0 radical (unpaired) electrons. The van der Waals surface area contributed by atoms with Crippen LogP contribution >= 0.6 is 22.7 Å². The molecule has 0 unspecified atom stereocenters. The van der Waals surface area contributed by atoms with E-state index >= 15 is 0 Å². The first-order valence-corrected chi connectivity index (χ1v) is 11.6. The molecule has 172 valence electrons. The Bertz CT molecular complexity index is 1470. The Morgan fingerprint density at radius 1 is 1.32 bits per heavy atom. The summed E-state index contributed by atoms with van der Waals surface area (Å²) in [5.74, 6) is 0.206. The van der Waals surface area contributed by atoms with Crippen molar-refractivity contribution in [3.05, 3.63) is 62.0 Å². The molecule has 4 rings (SSSR count). The van der Waals surface area contributed by atoms with E-state index in [1.54, 1.807) is 18.2 Å². The summed E-state index contributed by atoms with van der Waals surface area (Å²) in [5.41, 5.74) is 2.10. The van der Waals surface area contributed by atoms with Gasteiger partial charge in [0.1, 0.15) is 28.8 Å². The van der Waals surface area contributed by atoms with Crippen molar-refractivity contribution in [3.63, 3.8) is 0 Å². The van der Waals surface area contributed by atoms with Crippen molar-refractivity contribution >= 4 is 44.7 Å². The standard InChI is InChI=1S/C21H17N7O4S2/c1-3-17-27-28-18(29)8-14(24-21(28)34-17)10-32-15-5-4-12(7-16(15)31-2)6-13(9-22)19(30)25-20-26-23-11-33-20/h4-8,11H,3,10H2,1-2H3,(H,25,26,30). The van der Waals surface area contributed by atoms with E-state index in [0.29, 0.717) is 39.3 Å². The maximum Gasteiger partial charge on any atom is 0.275 e. The Hall–Kier alpha value is -4.15. The maximum atomic E-state index is 12.3. The third-order valence-corrected chi connectivity index (χ3v) is 6.12. The molecule has 0 saturated heterocycles. The van der Waals surface area contributed by atoms with E-state index in [4.69, 9.17) is 9.47 Å². The molecule has 4 aromatic rings. The predicted molar refractivity (Wildman–Crippen MR) is 126 cm³/mol. The zero-order valence-corrected chi connectivity index (χ0v) is 19.6. The normalized spacial score (nSPS) is 11.3. The quantitative estimate of drug-likeness (QED) is 0.288. The number of hydrogen-bond donors (Lipinski definition) is 1. The van der Waals surface area contributed by atoms with Crippen LogP contribution < -0.4 is 20.3 Å². The van der Waals surface area contributed by atoms with Crippen LogP contribution in [-0.2, 0) is 17.8 Å². The molecule has 13 heteroatoms. The smallest absolute Gasteiger partial charge is 0.275 e. The van der Waals surface area contributed by atoms with E-state index in [1.807, 2.05) is 13.0 Å². The molecule has 34 heavy (non-hydrogen) atoms. The van der Waals surface area contributed by atoms with Crippen LogP contribution in [0.5, 0.6) is 11.5 Å². The van der Waals surface area contributed by atoms with E-state index in [2.05, 4.69) is 25.6 Å². The summed E-state index contributed by atoms with van der Waals surface area (Å²) < 4.78 is 12.5. The zero-order chi connectivity index (χ0) is 24.1. The highest BCUT2D eigenvalue weighted by Gasteiger charge is 2.13. The van der Waals surface area contributed by atoms with Gasteiger partial charge in [0.05, 0.1) is 12.8 Å². The van der Waals surface area contributed by atoms with Gasteiger partial charge in [-0.2, -0.15) is 14.9 Å². The highest BCUT2D eigenvalue weighted by molar-refractivity contribution is 7.16. The number of aryl methyl sites for hydroxylation is 1. The van der Waals surface area contributed by atoms with Crippen LogP contribution in [0.4, 0.5) is 5.13 Å². The van der Waals surface area contributed by atoms with E-state index < -0.39 is 5.91 Å². The highest BCUT2D eigenvalue weighted by atomic mass is 32.1. The average molecular weight is 496 g/mol. The minimum atomic E-state index is -0.597. The monoisotopic (exact) mass is 495 g/mol. The Labute approximate surface area is 200 Å². The van der Waals surface area contributed by atoms with Crippen molar-refractivity contribution < 1.29 is 14.3 Å². The lowest BCUT2D eigenvalue weighted by atomic mass is 10.1. The number of anilines is 1. The summed E-state index contributed by atoms with van der Waals surface area (Å²) in [6, 6.07) is 8.21. The highest BCUT2D eigenvalue weighted by Crippen LogP contribution is 2.29. The molecule has 0 aliphatic carbocycles. The van der Waals surface area contributed by atoms with Crippen molar-refractivity contribution in [3.8, 4) is 17.6 Å². The number of carbonyl (C=O) groups excluding carboxylic acids is 1. The minimum absolute atomic E-state index is 0.0460. The number of aromatic nitrogens is 5. The van der Waals surface area contributed by atoms with Crippen molar-refractivity contribution in [1.82, 2.24) is 24.8 Å². The van der Waals surface area contributed by atoms with Crippen LogP contribution in [0.3, 0.4) is 0 Å². The van der Waals surface area contributed by atoms with Crippen LogP contribution in [0, 0.1) is 11.3 Å². The number of nitrogens with one attached hydrogen (secondary N) is 1. The lowest BCUT2D eigenvalue weighted by Gasteiger charge is -2.11. The summed E-state index contributed by atoms with van der Waals surface area (Å²) in [5, 5.41) is 24.6. The van der Waals surface area contributed by atoms with E-state index in [0.717, 1.165) is 16.3 Å². The molecule has 11 nitrogen and oxygen atoms in total. The first-order valence-electron chi connectivity index (χ1n) is 9.89. The maximum absolute atomic E-state index is 12.3. The summed E-state index contributed by atoms with van der Waals surface area (Å²) in [7, 11) is 1.48. The van der Waals surface area contributed by atoms with Gasteiger partial charge in [-0.05, 0) is 30.2 Å². The van der Waals surface area contributed by atoms with Gasteiger partial charge in [0.2, 0.25) is 10.1 Å². The van der Waals surface area contributed by atoms with Gasteiger partial charge in [0.25, 0.3) is 11.5 Å². The van der Waals surface area contributed by atoms with Crippen molar-refractivity contribution in [2.24, 2.45) is 0 Å². The largest absolute Gasteiger partial charge is 0.493 e. The topological polar surface area (TPSA) is 144 Å². The second-order valence-electron chi connectivity index (χ2n) is 6.70. The van der Waals surface area contributed by atoms with Crippen LogP contribution in [0.25, 0.3) is 11.0 Å². The number of methoxy groups -OCH3 is 1. The molecule has 0 spiro atoms. The third-order valence-electron chi connectivity index (χ3n) is 4.46. The molecule has 0 fully saturated rings. The molecule has 0 atom stereocenters. The van der Waals surface area contributed by atoms with Gasteiger partial charge in [0, 0.05) is 6.07 Å². The van der Waals surface area contributed by atoms with Gasteiger partial charge in [0.15, 0.2) is 11.5 Å². The first-order chi connectivity index (χ1) is 16.5. The Balaban J connectivity index is 1.51. The molecule has 1 aromatic carbocycles. The second kappa shape index (κ2) is 10.2. The molecule has 1 N–H and O–H groups in total. The number of nitrogens with zero attached hydrogens (tertiary/aromatic N) is 6. The molecule has 3 heterocycles.